The third kappa shape index (κ3) is 5.13. The lowest BCUT2D eigenvalue weighted by molar-refractivity contribution is -0.115. The number of pyridine rings is 1. The number of aryl methyl sites for hydroxylation is 1. The molecule has 1 aliphatic rings. The van der Waals surface area contributed by atoms with Crippen LogP contribution in [0.4, 0.5) is 15.9 Å². The first-order chi connectivity index (χ1) is 17.0. The van der Waals surface area contributed by atoms with Gasteiger partial charge < -0.3 is 10.6 Å². The summed E-state index contributed by atoms with van der Waals surface area (Å²) in [5, 5.41) is 10.4. The molecule has 35 heavy (non-hydrogen) atoms. The quantitative estimate of drug-likeness (QED) is 0.374. The van der Waals surface area contributed by atoms with Crippen LogP contribution in [0, 0.1) is 5.82 Å². The Bertz CT molecular complexity index is 1350. The maximum absolute atomic E-state index is 14.6. The molecular weight excluding hydrogens is 445 g/mol. The number of carbonyl (C=O) groups excluding carboxylic acids is 1. The van der Waals surface area contributed by atoms with E-state index in [2.05, 4.69) is 30.7 Å². The monoisotopic (exact) mass is 473 g/mol. The molecule has 0 unspecified atom stereocenters. The summed E-state index contributed by atoms with van der Waals surface area (Å²) in [6.45, 7) is 4.55. The fourth-order valence-corrected chi connectivity index (χ4v) is 4.21. The lowest BCUT2D eigenvalue weighted by Gasteiger charge is -2.24. The van der Waals surface area contributed by atoms with Crippen molar-refractivity contribution in [3.8, 4) is 0 Å². The highest BCUT2D eigenvalue weighted by molar-refractivity contribution is 5.92. The smallest absolute Gasteiger partial charge is 0.228 e. The molecule has 0 radical (unpaired) electrons. The van der Waals surface area contributed by atoms with Crippen molar-refractivity contribution in [2.45, 2.75) is 58.0 Å². The summed E-state index contributed by atoms with van der Waals surface area (Å²) < 4.78 is 16.4. The van der Waals surface area contributed by atoms with Crippen LogP contribution in [0.15, 0.2) is 48.9 Å². The minimum Gasteiger partial charge on any atom is -0.362 e. The topological polar surface area (TPSA) is 97.6 Å². The van der Waals surface area contributed by atoms with Gasteiger partial charge in [0.1, 0.15) is 17.2 Å². The SMILES string of the molecule is CCn1cc2ncc(N[C@@H](C)c3cc(NC(=O)Cc4ccc(C5CCC5)nc4)ccc3F)nc2n1. The van der Waals surface area contributed by atoms with E-state index in [1.807, 2.05) is 32.2 Å². The molecule has 3 heterocycles. The minimum absolute atomic E-state index is 0.177. The maximum atomic E-state index is 14.6. The average molecular weight is 474 g/mol. The number of hydrogen-bond acceptors (Lipinski definition) is 6. The van der Waals surface area contributed by atoms with Crippen molar-refractivity contribution in [2.75, 3.05) is 10.6 Å². The zero-order valence-electron chi connectivity index (χ0n) is 19.8. The molecule has 1 saturated carbocycles. The second-order valence-electron chi connectivity index (χ2n) is 9.00. The average Bonchev–Trinajstić information content (AvgIpc) is 3.23. The Kier molecular flexibility index (Phi) is 6.39. The van der Waals surface area contributed by atoms with Crippen LogP contribution in [0.5, 0.6) is 0 Å². The number of rotatable bonds is 8. The molecule has 1 aliphatic carbocycles. The van der Waals surface area contributed by atoms with Crippen LogP contribution >= 0.6 is 0 Å². The zero-order chi connectivity index (χ0) is 24.4. The van der Waals surface area contributed by atoms with E-state index >= 15 is 0 Å². The van der Waals surface area contributed by atoms with Gasteiger partial charge in [-0.05, 0) is 56.5 Å². The first-order valence-electron chi connectivity index (χ1n) is 12.0. The molecule has 180 valence electrons. The number of hydrogen-bond donors (Lipinski definition) is 2. The number of anilines is 2. The third-order valence-corrected chi connectivity index (χ3v) is 6.45. The van der Waals surface area contributed by atoms with Crippen molar-refractivity contribution in [1.29, 1.82) is 0 Å². The van der Waals surface area contributed by atoms with Crippen molar-refractivity contribution in [1.82, 2.24) is 24.7 Å². The summed E-state index contributed by atoms with van der Waals surface area (Å²) in [6, 6.07) is 8.13. The summed E-state index contributed by atoms with van der Waals surface area (Å²) in [4.78, 5) is 26.0. The summed E-state index contributed by atoms with van der Waals surface area (Å²) in [7, 11) is 0. The molecule has 0 aliphatic heterocycles. The Morgan fingerprint density at radius 1 is 1.20 bits per heavy atom. The second kappa shape index (κ2) is 9.77. The number of carbonyl (C=O) groups is 1. The summed E-state index contributed by atoms with van der Waals surface area (Å²) in [5.41, 5.74) is 4.13. The Balaban J connectivity index is 1.24. The van der Waals surface area contributed by atoms with Gasteiger partial charge in [-0.1, -0.05) is 12.5 Å². The van der Waals surface area contributed by atoms with Crippen molar-refractivity contribution < 1.29 is 9.18 Å². The van der Waals surface area contributed by atoms with Crippen LogP contribution in [0.2, 0.25) is 0 Å². The van der Waals surface area contributed by atoms with Crippen molar-refractivity contribution in [3.63, 3.8) is 0 Å². The van der Waals surface area contributed by atoms with Gasteiger partial charge in [-0.15, -0.1) is 0 Å². The molecule has 0 bridgehead atoms. The van der Waals surface area contributed by atoms with Crippen molar-refractivity contribution >= 4 is 28.6 Å². The second-order valence-corrected chi connectivity index (χ2v) is 9.00. The number of fused-ring (bicyclic) bond motifs is 1. The van der Waals surface area contributed by atoms with Gasteiger partial charge in [0.25, 0.3) is 0 Å². The largest absolute Gasteiger partial charge is 0.362 e. The number of amides is 1. The molecule has 1 fully saturated rings. The van der Waals surface area contributed by atoms with Crippen molar-refractivity contribution in [3.05, 3.63) is 71.6 Å². The molecule has 4 aromatic rings. The van der Waals surface area contributed by atoms with Crippen LogP contribution in [-0.2, 0) is 17.8 Å². The van der Waals surface area contributed by atoms with Gasteiger partial charge in [0.2, 0.25) is 11.6 Å². The Morgan fingerprint density at radius 2 is 2.06 bits per heavy atom. The lowest BCUT2D eigenvalue weighted by atomic mass is 9.82. The number of nitrogens with one attached hydrogen (secondary N) is 2. The fraction of sp³-hybridized carbons (Fsp3) is 0.346. The minimum atomic E-state index is -0.407. The van der Waals surface area contributed by atoms with E-state index in [1.165, 1.54) is 25.3 Å². The molecule has 2 N–H and O–H groups in total. The first kappa shape index (κ1) is 22.9. The number of nitrogens with zero attached hydrogens (tertiary/aromatic N) is 5. The summed E-state index contributed by atoms with van der Waals surface area (Å²) in [5.74, 6) is 0.512. The number of aromatic nitrogens is 5. The summed E-state index contributed by atoms with van der Waals surface area (Å²) >= 11 is 0. The van der Waals surface area contributed by atoms with E-state index in [-0.39, 0.29) is 18.1 Å². The van der Waals surface area contributed by atoms with E-state index < -0.39 is 6.04 Å². The van der Waals surface area contributed by atoms with Gasteiger partial charge in [0, 0.05) is 35.6 Å². The molecular formula is C26H28FN7O. The van der Waals surface area contributed by atoms with E-state index in [9.17, 15) is 9.18 Å². The summed E-state index contributed by atoms with van der Waals surface area (Å²) in [6.07, 6.45) is 9.07. The Morgan fingerprint density at radius 3 is 2.77 bits per heavy atom. The molecule has 9 heteroatoms. The standard InChI is InChI=1S/C26H28FN7O/c1-3-34-15-23-26(33-34)32-24(14-29-23)30-16(2)20-12-19(8-9-21(20)27)31-25(35)11-17-7-10-22(28-13-17)18-5-4-6-18/h7-10,12-16,18H,3-6,11H2,1-2H3,(H,31,35)(H,30,32,33)/t16-/m0/s1. The third-order valence-electron chi connectivity index (χ3n) is 6.45. The van der Waals surface area contributed by atoms with Gasteiger partial charge in [0.15, 0.2) is 0 Å². The molecule has 1 atom stereocenters. The maximum Gasteiger partial charge on any atom is 0.228 e. The Labute approximate surface area is 203 Å². The molecule has 1 amide bonds. The highest BCUT2D eigenvalue weighted by Gasteiger charge is 2.20. The molecule has 0 spiro atoms. The van der Waals surface area contributed by atoms with E-state index in [1.54, 1.807) is 29.2 Å². The molecule has 1 aromatic carbocycles. The van der Waals surface area contributed by atoms with E-state index in [0.717, 1.165) is 17.8 Å². The first-order valence-corrected chi connectivity index (χ1v) is 12.0. The van der Waals surface area contributed by atoms with Gasteiger partial charge in [-0.3, -0.25) is 14.5 Å². The van der Waals surface area contributed by atoms with Crippen LogP contribution < -0.4 is 10.6 Å². The van der Waals surface area contributed by atoms with Gasteiger partial charge in [0.05, 0.1) is 24.9 Å². The van der Waals surface area contributed by atoms with Crippen LogP contribution in [0.3, 0.4) is 0 Å². The predicted octanol–water partition coefficient (Wildman–Crippen LogP) is 5.00. The van der Waals surface area contributed by atoms with Gasteiger partial charge >= 0.3 is 0 Å². The number of halogens is 1. The normalized spacial score (nSPS) is 14.5. The molecule has 0 saturated heterocycles. The molecule has 8 nitrogen and oxygen atoms in total. The number of benzene rings is 1. The van der Waals surface area contributed by atoms with Gasteiger partial charge in [-0.25, -0.2) is 14.4 Å². The highest BCUT2D eigenvalue weighted by Crippen LogP contribution is 2.35. The molecule has 5 rings (SSSR count). The van der Waals surface area contributed by atoms with Crippen LogP contribution in [0.1, 0.15) is 61.9 Å². The predicted molar refractivity (Wildman–Crippen MR) is 133 cm³/mol. The zero-order valence-corrected chi connectivity index (χ0v) is 19.8. The Hall–Kier alpha value is -3.88. The van der Waals surface area contributed by atoms with Crippen LogP contribution in [-0.4, -0.2) is 30.6 Å². The highest BCUT2D eigenvalue weighted by atomic mass is 19.1. The van der Waals surface area contributed by atoms with Crippen molar-refractivity contribution in [2.24, 2.45) is 0 Å². The van der Waals surface area contributed by atoms with Crippen LogP contribution in [0.25, 0.3) is 11.2 Å². The molecule has 3 aromatic heterocycles. The van der Waals surface area contributed by atoms with E-state index in [4.69, 9.17) is 0 Å². The fourth-order valence-electron chi connectivity index (χ4n) is 4.21. The van der Waals surface area contributed by atoms with Gasteiger partial charge in [-0.2, -0.15) is 5.10 Å². The van der Waals surface area contributed by atoms with E-state index in [0.29, 0.717) is 34.2 Å². The lowest BCUT2D eigenvalue weighted by Crippen LogP contribution is -2.16.